The van der Waals surface area contributed by atoms with E-state index >= 15 is 0 Å². The van der Waals surface area contributed by atoms with Crippen LogP contribution in [0, 0.1) is 0 Å². The van der Waals surface area contributed by atoms with Crippen LogP contribution in [0.2, 0.25) is 0 Å². The molecule has 2 rings (SSSR count). The Morgan fingerprint density at radius 2 is 1.53 bits per heavy atom. The monoisotopic (exact) mass is 224 g/mol. The summed E-state index contributed by atoms with van der Waals surface area (Å²) in [6.45, 7) is 1.50. The Morgan fingerprint density at radius 3 is 2.24 bits per heavy atom. The lowest BCUT2D eigenvalue weighted by molar-refractivity contribution is 0.712. The topological polar surface area (TPSA) is 24.4 Å². The fourth-order valence-corrected chi connectivity index (χ4v) is 1.55. The number of aliphatic imine (C=N–C) groups is 1. The van der Waals surface area contributed by atoms with E-state index in [2.05, 4.69) is 22.4 Å². The van der Waals surface area contributed by atoms with Crippen molar-refractivity contribution in [3.05, 3.63) is 71.8 Å². The van der Waals surface area contributed by atoms with Crippen molar-refractivity contribution in [3.63, 3.8) is 0 Å². The second kappa shape index (κ2) is 6.61. The van der Waals surface area contributed by atoms with E-state index in [-0.39, 0.29) is 0 Å². The maximum atomic E-state index is 4.32. The molecule has 2 aromatic rings. The van der Waals surface area contributed by atoms with E-state index < -0.39 is 0 Å². The van der Waals surface area contributed by atoms with Crippen molar-refractivity contribution in [1.82, 2.24) is 5.32 Å². The third kappa shape index (κ3) is 4.21. The maximum Gasteiger partial charge on any atom is 0.0887 e. The summed E-state index contributed by atoms with van der Waals surface area (Å²) in [6.07, 6.45) is 1.89. The smallest absolute Gasteiger partial charge is 0.0887 e. The average molecular weight is 224 g/mol. The van der Waals surface area contributed by atoms with Crippen molar-refractivity contribution in [2.75, 3.05) is 6.67 Å². The van der Waals surface area contributed by atoms with Crippen LogP contribution in [-0.2, 0) is 6.54 Å². The molecule has 0 unspecified atom stereocenters. The van der Waals surface area contributed by atoms with Crippen LogP contribution in [0.3, 0.4) is 0 Å². The minimum Gasteiger partial charge on any atom is -0.294 e. The third-order valence-electron chi connectivity index (χ3n) is 2.41. The van der Waals surface area contributed by atoms with Gasteiger partial charge in [-0.25, -0.2) is 0 Å². The van der Waals surface area contributed by atoms with Gasteiger partial charge in [-0.3, -0.25) is 10.3 Å². The zero-order valence-corrected chi connectivity index (χ0v) is 9.71. The summed E-state index contributed by atoms with van der Waals surface area (Å²) in [6, 6.07) is 20.4. The third-order valence-corrected chi connectivity index (χ3v) is 2.41. The normalized spacial score (nSPS) is 10.8. The molecule has 0 saturated heterocycles. The molecular weight excluding hydrogens is 208 g/mol. The summed E-state index contributed by atoms with van der Waals surface area (Å²) < 4.78 is 0. The van der Waals surface area contributed by atoms with E-state index in [9.17, 15) is 0 Å². The van der Waals surface area contributed by atoms with E-state index in [1.54, 1.807) is 0 Å². The first-order chi connectivity index (χ1) is 8.45. The molecule has 0 saturated carbocycles. The summed E-state index contributed by atoms with van der Waals surface area (Å²) in [4.78, 5) is 4.32. The van der Waals surface area contributed by atoms with E-state index in [1.165, 1.54) is 5.56 Å². The fraction of sp³-hybridized carbons (Fsp3) is 0.133. The molecule has 0 bridgehead atoms. The number of hydrogen-bond donors (Lipinski definition) is 1. The van der Waals surface area contributed by atoms with Gasteiger partial charge in [0, 0.05) is 12.8 Å². The molecule has 0 aliphatic carbocycles. The van der Waals surface area contributed by atoms with Crippen molar-refractivity contribution < 1.29 is 0 Å². The quantitative estimate of drug-likeness (QED) is 0.613. The Bertz CT molecular complexity index is 449. The molecule has 0 radical (unpaired) electrons. The molecule has 0 spiro atoms. The van der Waals surface area contributed by atoms with Crippen LogP contribution >= 0.6 is 0 Å². The molecule has 2 heteroatoms. The number of benzene rings is 2. The highest BCUT2D eigenvalue weighted by molar-refractivity contribution is 5.79. The first-order valence-electron chi connectivity index (χ1n) is 5.75. The first kappa shape index (κ1) is 11.6. The number of nitrogens with zero attached hydrogens (tertiary/aromatic N) is 1. The maximum absolute atomic E-state index is 4.32. The molecular formula is C15H16N2. The number of rotatable bonds is 5. The van der Waals surface area contributed by atoms with Crippen molar-refractivity contribution in [3.8, 4) is 0 Å². The molecule has 0 aliphatic rings. The van der Waals surface area contributed by atoms with Gasteiger partial charge in [0.25, 0.3) is 0 Å². The van der Waals surface area contributed by atoms with Gasteiger partial charge in [-0.1, -0.05) is 60.7 Å². The highest BCUT2D eigenvalue weighted by atomic mass is 15.0. The molecule has 0 atom stereocenters. The van der Waals surface area contributed by atoms with Crippen LogP contribution in [0.1, 0.15) is 11.1 Å². The first-order valence-corrected chi connectivity index (χ1v) is 5.75. The number of nitrogens with one attached hydrogen (secondary N) is 1. The van der Waals surface area contributed by atoms with Crippen LogP contribution in [0.4, 0.5) is 0 Å². The highest BCUT2D eigenvalue weighted by Gasteiger charge is 1.88. The van der Waals surface area contributed by atoms with E-state index in [1.807, 2.05) is 54.7 Å². The zero-order chi connectivity index (χ0) is 11.8. The fourth-order valence-electron chi connectivity index (χ4n) is 1.55. The standard InChI is InChI=1S/C15H16N2/c1-3-7-14(8-4-1)11-16-13-17-12-15-9-5-2-6-10-15/h1-11,17H,12-13H2. The van der Waals surface area contributed by atoms with Crippen LogP contribution < -0.4 is 5.32 Å². The van der Waals surface area contributed by atoms with Gasteiger partial charge in [-0.05, 0) is 11.1 Å². The summed E-state index contributed by atoms with van der Waals surface area (Å²) in [7, 11) is 0. The van der Waals surface area contributed by atoms with Crippen molar-refractivity contribution in [2.45, 2.75) is 6.54 Å². The Balaban J connectivity index is 1.72. The van der Waals surface area contributed by atoms with E-state index in [0.29, 0.717) is 6.67 Å². The Labute approximate surface area is 102 Å². The van der Waals surface area contributed by atoms with Gasteiger partial charge in [0.2, 0.25) is 0 Å². The summed E-state index contributed by atoms with van der Waals surface area (Å²) >= 11 is 0. The lowest BCUT2D eigenvalue weighted by Crippen LogP contribution is -2.12. The average Bonchev–Trinajstić information content (AvgIpc) is 2.41. The van der Waals surface area contributed by atoms with Gasteiger partial charge in [-0.15, -0.1) is 0 Å². The molecule has 17 heavy (non-hydrogen) atoms. The lowest BCUT2D eigenvalue weighted by Gasteiger charge is -2.00. The zero-order valence-electron chi connectivity index (χ0n) is 9.71. The van der Waals surface area contributed by atoms with E-state index in [0.717, 1.165) is 12.1 Å². The van der Waals surface area contributed by atoms with Gasteiger partial charge < -0.3 is 0 Å². The van der Waals surface area contributed by atoms with Crippen molar-refractivity contribution >= 4 is 6.21 Å². The Kier molecular flexibility index (Phi) is 4.49. The van der Waals surface area contributed by atoms with Gasteiger partial charge in [-0.2, -0.15) is 0 Å². The lowest BCUT2D eigenvalue weighted by atomic mass is 10.2. The summed E-state index contributed by atoms with van der Waals surface area (Å²) in [5.41, 5.74) is 2.41. The molecule has 0 aromatic heterocycles. The minimum absolute atomic E-state index is 0.643. The van der Waals surface area contributed by atoms with Gasteiger partial charge in [0.15, 0.2) is 0 Å². The number of hydrogen-bond acceptors (Lipinski definition) is 2. The Morgan fingerprint density at radius 1 is 0.882 bits per heavy atom. The molecule has 1 N–H and O–H groups in total. The van der Waals surface area contributed by atoms with Crippen LogP contribution in [-0.4, -0.2) is 12.9 Å². The summed E-state index contributed by atoms with van der Waals surface area (Å²) in [5, 5.41) is 3.27. The molecule has 2 aromatic carbocycles. The second-order valence-electron chi connectivity index (χ2n) is 3.79. The van der Waals surface area contributed by atoms with Crippen molar-refractivity contribution in [1.29, 1.82) is 0 Å². The van der Waals surface area contributed by atoms with E-state index in [4.69, 9.17) is 0 Å². The Hall–Kier alpha value is -1.93. The van der Waals surface area contributed by atoms with Gasteiger partial charge >= 0.3 is 0 Å². The molecule has 86 valence electrons. The minimum atomic E-state index is 0.643. The van der Waals surface area contributed by atoms with Crippen LogP contribution in [0.25, 0.3) is 0 Å². The molecule has 0 heterocycles. The molecule has 2 nitrogen and oxygen atoms in total. The summed E-state index contributed by atoms with van der Waals surface area (Å²) in [5.74, 6) is 0. The van der Waals surface area contributed by atoms with Crippen LogP contribution in [0.15, 0.2) is 65.7 Å². The predicted octanol–water partition coefficient (Wildman–Crippen LogP) is 2.85. The largest absolute Gasteiger partial charge is 0.294 e. The highest BCUT2D eigenvalue weighted by Crippen LogP contribution is 1.97. The van der Waals surface area contributed by atoms with Crippen molar-refractivity contribution in [2.24, 2.45) is 4.99 Å². The van der Waals surface area contributed by atoms with Gasteiger partial charge in [0.1, 0.15) is 0 Å². The van der Waals surface area contributed by atoms with Gasteiger partial charge in [0.05, 0.1) is 6.67 Å². The SMILES string of the molecule is C(=NCNCc1ccccc1)c1ccccc1. The molecule has 0 fully saturated rings. The predicted molar refractivity (Wildman–Crippen MR) is 72.2 cm³/mol. The molecule has 0 aliphatic heterocycles. The molecule has 0 amide bonds. The second-order valence-corrected chi connectivity index (χ2v) is 3.79. The van der Waals surface area contributed by atoms with Crippen LogP contribution in [0.5, 0.6) is 0 Å².